The lowest BCUT2D eigenvalue weighted by Crippen LogP contribution is -2.38. The fourth-order valence-corrected chi connectivity index (χ4v) is 2.50. The van der Waals surface area contributed by atoms with Crippen molar-refractivity contribution in [1.82, 2.24) is 5.32 Å². The van der Waals surface area contributed by atoms with Gasteiger partial charge in [-0.1, -0.05) is 18.7 Å². The number of rotatable bonds is 2. The van der Waals surface area contributed by atoms with Gasteiger partial charge >= 0.3 is 0 Å². The Balaban J connectivity index is 1.77. The Hall–Kier alpha value is -0.220. The van der Waals surface area contributed by atoms with Gasteiger partial charge < -0.3 is 10.1 Å². The molecule has 0 unspecified atom stereocenters. The molecule has 1 N–H and O–H groups in total. The molecule has 0 spiro atoms. The van der Waals surface area contributed by atoms with Crippen molar-refractivity contribution in [3.05, 3.63) is 0 Å². The van der Waals surface area contributed by atoms with Crippen LogP contribution in [-0.2, 0) is 4.74 Å². The van der Waals surface area contributed by atoms with Crippen molar-refractivity contribution in [1.29, 1.82) is 0 Å². The first-order valence-electron chi connectivity index (χ1n) is 5.27. The van der Waals surface area contributed by atoms with Crippen molar-refractivity contribution in [2.24, 2.45) is 10.4 Å². The van der Waals surface area contributed by atoms with E-state index in [2.05, 4.69) is 17.2 Å². The molecule has 3 nitrogen and oxygen atoms in total. The molecule has 0 aromatic carbocycles. The van der Waals surface area contributed by atoms with Crippen LogP contribution in [0.1, 0.15) is 19.8 Å². The number of hydrogen-bond donors (Lipinski definition) is 1. The summed E-state index contributed by atoms with van der Waals surface area (Å²) >= 11 is 1.84. The lowest BCUT2D eigenvalue weighted by Gasteiger charge is -2.33. The number of aliphatic imine (C=N–C) groups is 1. The van der Waals surface area contributed by atoms with Crippen LogP contribution in [0.5, 0.6) is 0 Å². The van der Waals surface area contributed by atoms with Crippen molar-refractivity contribution < 1.29 is 4.74 Å². The molecule has 0 atom stereocenters. The first kappa shape index (κ1) is 10.3. The summed E-state index contributed by atoms with van der Waals surface area (Å²) < 4.78 is 5.37. The van der Waals surface area contributed by atoms with Gasteiger partial charge in [-0.3, -0.25) is 4.99 Å². The Morgan fingerprint density at radius 3 is 2.93 bits per heavy atom. The molecule has 1 saturated heterocycles. The molecule has 2 aliphatic rings. The van der Waals surface area contributed by atoms with Crippen LogP contribution in [0.4, 0.5) is 0 Å². The Bertz CT molecular complexity index is 224. The summed E-state index contributed by atoms with van der Waals surface area (Å²) in [7, 11) is 0. The van der Waals surface area contributed by atoms with E-state index in [1.165, 1.54) is 0 Å². The molecule has 4 heteroatoms. The largest absolute Gasteiger partial charge is 0.381 e. The van der Waals surface area contributed by atoms with Gasteiger partial charge in [0.25, 0.3) is 0 Å². The maximum absolute atomic E-state index is 5.37. The standard InChI is InChI=1S/C10H18N2OS/c1-10(2-5-13-6-3-10)8-12-9-11-4-7-14-9/h2-8H2,1H3,(H,11,12). The number of thioether (sulfide) groups is 1. The second kappa shape index (κ2) is 4.53. The maximum Gasteiger partial charge on any atom is 0.156 e. The second-order valence-electron chi connectivity index (χ2n) is 4.31. The molecular weight excluding hydrogens is 196 g/mol. The van der Waals surface area contributed by atoms with Crippen LogP contribution >= 0.6 is 11.8 Å². The SMILES string of the molecule is CC1(CNC2=NCCS2)CCOCC1. The number of ether oxygens (including phenoxy) is 1. The van der Waals surface area contributed by atoms with Crippen molar-refractivity contribution in [2.75, 3.05) is 32.1 Å². The fraction of sp³-hybridized carbons (Fsp3) is 0.900. The van der Waals surface area contributed by atoms with E-state index in [-0.39, 0.29) is 0 Å². The summed E-state index contributed by atoms with van der Waals surface area (Å²) in [5.74, 6) is 1.14. The minimum Gasteiger partial charge on any atom is -0.381 e. The molecule has 0 radical (unpaired) electrons. The lowest BCUT2D eigenvalue weighted by molar-refractivity contribution is 0.0262. The van der Waals surface area contributed by atoms with Gasteiger partial charge in [-0.25, -0.2) is 0 Å². The molecule has 0 bridgehead atoms. The normalized spacial score (nSPS) is 25.9. The van der Waals surface area contributed by atoms with E-state index in [0.29, 0.717) is 5.41 Å². The first-order valence-corrected chi connectivity index (χ1v) is 6.26. The quantitative estimate of drug-likeness (QED) is 0.756. The van der Waals surface area contributed by atoms with E-state index in [4.69, 9.17) is 4.74 Å². The summed E-state index contributed by atoms with van der Waals surface area (Å²) in [5.41, 5.74) is 0.407. The number of nitrogens with one attached hydrogen (secondary N) is 1. The molecule has 14 heavy (non-hydrogen) atoms. The molecule has 1 fully saturated rings. The van der Waals surface area contributed by atoms with E-state index < -0.39 is 0 Å². The van der Waals surface area contributed by atoms with Crippen LogP contribution in [-0.4, -0.2) is 37.2 Å². The minimum atomic E-state index is 0.407. The molecule has 2 aliphatic heterocycles. The Kier molecular flexibility index (Phi) is 3.34. The summed E-state index contributed by atoms with van der Waals surface area (Å²) in [6, 6.07) is 0. The van der Waals surface area contributed by atoms with Crippen LogP contribution in [0.3, 0.4) is 0 Å². The van der Waals surface area contributed by atoms with E-state index >= 15 is 0 Å². The smallest absolute Gasteiger partial charge is 0.156 e. The fourth-order valence-electron chi connectivity index (χ4n) is 1.77. The highest BCUT2D eigenvalue weighted by Crippen LogP contribution is 2.29. The van der Waals surface area contributed by atoms with Crippen molar-refractivity contribution in [3.8, 4) is 0 Å². The highest BCUT2D eigenvalue weighted by molar-refractivity contribution is 8.14. The van der Waals surface area contributed by atoms with Gasteiger partial charge in [0.1, 0.15) is 0 Å². The minimum absolute atomic E-state index is 0.407. The lowest BCUT2D eigenvalue weighted by atomic mass is 9.82. The predicted molar refractivity (Wildman–Crippen MR) is 60.9 cm³/mol. The summed E-state index contributed by atoms with van der Waals surface area (Å²) in [5, 5.41) is 4.59. The van der Waals surface area contributed by atoms with Crippen LogP contribution < -0.4 is 5.32 Å². The van der Waals surface area contributed by atoms with Crippen LogP contribution in [0.25, 0.3) is 0 Å². The van der Waals surface area contributed by atoms with Gasteiger partial charge in [0, 0.05) is 25.5 Å². The molecule has 2 rings (SSSR count). The predicted octanol–water partition coefficient (Wildman–Crippen LogP) is 1.50. The Morgan fingerprint density at radius 1 is 1.50 bits per heavy atom. The van der Waals surface area contributed by atoms with E-state index in [0.717, 1.165) is 50.1 Å². The zero-order chi connectivity index (χ0) is 9.86. The summed E-state index contributed by atoms with van der Waals surface area (Å²) in [6.45, 7) is 6.19. The van der Waals surface area contributed by atoms with E-state index in [9.17, 15) is 0 Å². The molecule has 0 aromatic heterocycles. The zero-order valence-corrected chi connectivity index (χ0v) is 9.53. The van der Waals surface area contributed by atoms with Gasteiger partial charge in [0.15, 0.2) is 5.17 Å². The van der Waals surface area contributed by atoms with Crippen molar-refractivity contribution in [3.63, 3.8) is 0 Å². The van der Waals surface area contributed by atoms with Crippen LogP contribution in [0, 0.1) is 5.41 Å². The first-order chi connectivity index (χ1) is 6.79. The maximum atomic E-state index is 5.37. The molecule has 0 aliphatic carbocycles. The average Bonchev–Trinajstić information content (AvgIpc) is 2.69. The Morgan fingerprint density at radius 2 is 2.29 bits per heavy atom. The summed E-state index contributed by atoms with van der Waals surface area (Å²) in [6.07, 6.45) is 2.33. The molecule has 0 aromatic rings. The number of nitrogens with zero attached hydrogens (tertiary/aromatic N) is 1. The highest BCUT2D eigenvalue weighted by atomic mass is 32.2. The van der Waals surface area contributed by atoms with Crippen molar-refractivity contribution in [2.45, 2.75) is 19.8 Å². The molecule has 80 valence electrons. The van der Waals surface area contributed by atoms with Gasteiger partial charge in [0.05, 0.1) is 6.54 Å². The number of amidine groups is 1. The van der Waals surface area contributed by atoms with E-state index in [1.54, 1.807) is 0 Å². The third kappa shape index (κ3) is 2.64. The van der Waals surface area contributed by atoms with Gasteiger partial charge in [-0.2, -0.15) is 0 Å². The van der Waals surface area contributed by atoms with Gasteiger partial charge in [0.2, 0.25) is 0 Å². The third-order valence-corrected chi connectivity index (χ3v) is 3.89. The van der Waals surface area contributed by atoms with Gasteiger partial charge in [-0.15, -0.1) is 0 Å². The average molecular weight is 214 g/mol. The van der Waals surface area contributed by atoms with Crippen LogP contribution in [0.15, 0.2) is 4.99 Å². The number of hydrogen-bond acceptors (Lipinski definition) is 4. The molecule has 2 heterocycles. The molecule has 0 amide bonds. The van der Waals surface area contributed by atoms with Gasteiger partial charge in [-0.05, 0) is 18.3 Å². The third-order valence-electron chi connectivity index (χ3n) is 2.95. The zero-order valence-electron chi connectivity index (χ0n) is 8.71. The monoisotopic (exact) mass is 214 g/mol. The summed E-state index contributed by atoms with van der Waals surface area (Å²) in [4.78, 5) is 4.39. The second-order valence-corrected chi connectivity index (χ2v) is 5.40. The van der Waals surface area contributed by atoms with Crippen LogP contribution in [0.2, 0.25) is 0 Å². The van der Waals surface area contributed by atoms with Crippen molar-refractivity contribution >= 4 is 16.9 Å². The highest BCUT2D eigenvalue weighted by Gasteiger charge is 2.27. The topological polar surface area (TPSA) is 33.6 Å². The molecule has 0 saturated carbocycles. The van der Waals surface area contributed by atoms with E-state index in [1.807, 2.05) is 11.8 Å². The molecular formula is C10H18N2OS. The Labute approximate surface area is 89.7 Å².